The molecular formula is C6H10BrO3. The fraction of sp³-hybridized carbons (Fsp3) is 0.833. The Morgan fingerprint density at radius 3 is 2.00 bits per heavy atom. The van der Waals surface area contributed by atoms with E-state index in [1.807, 2.05) is 0 Å². The highest BCUT2D eigenvalue weighted by Gasteiger charge is 2.27. The SMILES string of the molecule is CCOC(Br)([C]=O)OCC. The Kier molecular flexibility index (Phi) is 4.85. The second-order valence-electron chi connectivity index (χ2n) is 1.50. The third-order valence-electron chi connectivity index (χ3n) is 0.782. The van der Waals surface area contributed by atoms with Gasteiger partial charge in [0.05, 0.1) is 0 Å². The molecule has 0 rings (SSSR count). The van der Waals surface area contributed by atoms with Crippen LogP contribution in [0.2, 0.25) is 0 Å². The quantitative estimate of drug-likeness (QED) is 0.505. The smallest absolute Gasteiger partial charge is 0.296 e. The summed E-state index contributed by atoms with van der Waals surface area (Å²) in [4.78, 5) is 10.2. The van der Waals surface area contributed by atoms with Crippen LogP contribution in [0.15, 0.2) is 0 Å². The summed E-state index contributed by atoms with van der Waals surface area (Å²) < 4.78 is 8.43. The van der Waals surface area contributed by atoms with Gasteiger partial charge in [0.15, 0.2) is 0 Å². The average Bonchev–Trinajstić information content (AvgIpc) is 1.89. The molecule has 0 aromatic rings. The van der Waals surface area contributed by atoms with Gasteiger partial charge in [-0.2, -0.15) is 0 Å². The number of hydrogen-bond donors (Lipinski definition) is 0. The van der Waals surface area contributed by atoms with Crippen LogP contribution < -0.4 is 0 Å². The fourth-order valence-electron chi connectivity index (χ4n) is 0.472. The van der Waals surface area contributed by atoms with Gasteiger partial charge in [0.2, 0.25) is 0 Å². The first-order chi connectivity index (χ1) is 4.68. The van der Waals surface area contributed by atoms with Gasteiger partial charge in [-0.05, 0) is 29.8 Å². The zero-order chi connectivity index (χ0) is 8.04. The highest BCUT2D eigenvalue weighted by Crippen LogP contribution is 2.17. The zero-order valence-corrected chi connectivity index (χ0v) is 7.60. The number of hydrogen-bond acceptors (Lipinski definition) is 3. The van der Waals surface area contributed by atoms with E-state index in [4.69, 9.17) is 9.47 Å². The predicted molar refractivity (Wildman–Crippen MR) is 40.6 cm³/mol. The molecule has 0 aliphatic carbocycles. The zero-order valence-electron chi connectivity index (χ0n) is 6.02. The topological polar surface area (TPSA) is 35.5 Å². The lowest BCUT2D eigenvalue weighted by Gasteiger charge is -2.18. The fourth-order valence-corrected chi connectivity index (χ4v) is 0.930. The van der Waals surface area contributed by atoms with Crippen LogP contribution in [0, 0.1) is 0 Å². The van der Waals surface area contributed by atoms with Crippen molar-refractivity contribution in [2.45, 2.75) is 18.5 Å². The summed E-state index contributed by atoms with van der Waals surface area (Å²) in [5.74, 6) is 0. The van der Waals surface area contributed by atoms with Crippen LogP contribution >= 0.6 is 15.9 Å². The Hall–Kier alpha value is 0.0700. The van der Waals surface area contributed by atoms with Gasteiger partial charge >= 0.3 is 0 Å². The molecule has 10 heavy (non-hydrogen) atoms. The summed E-state index contributed by atoms with van der Waals surface area (Å²) in [5, 5.41) is 0. The highest BCUT2D eigenvalue weighted by atomic mass is 79.9. The van der Waals surface area contributed by atoms with Crippen molar-refractivity contribution in [1.29, 1.82) is 0 Å². The van der Waals surface area contributed by atoms with Crippen molar-refractivity contribution in [3.8, 4) is 0 Å². The molecule has 3 nitrogen and oxygen atoms in total. The maximum absolute atomic E-state index is 10.2. The van der Waals surface area contributed by atoms with Crippen molar-refractivity contribution in [3.63, 3.8) is 0 Å². The monoisotopic (exact) mass is 209 g/mol. The van der Waals surface area contributed by atoms with E-state index in [1.165, 1.54) is 0 Å². The second kappa shape index (κ2) is 4.82. The average molecular weight is 210 g/mol. The number of alkyl halides is 1. The van der Waals surface area contributed by atoms with Gasteiger partial charge < -0.3 is 9.47 Å². The van der Waals surface area contributed by atoms with E-state index < -0.39 is 4.70 Å². The van der Waals surface area contributed by atoms with Crippen molar-refractivity contribution >= 4 is 22.2 Å². The van der Waals surface area contributed by atoms with E-state index in [0.717, 1.165) is 0 Å². The summed E-state index contributed by atoms with van der Waals surface area (Å²) in [6.45, 7) is 4.35. The first kappa shape index (κ1) is 10.1. The Morgan fingerprint density at radius 2 is 1.80 bits per heavy atom. The first-order valence-corrected chi connectivity index (χ1v) is 3.84. The van der Waals surface area contributed by atoms with E-state index in [-0.39, 0.29) is 0 Å². The number of halogens is 1. The minimum absolute atomic E-state index is 0.403. The molecule has 0 spiro atoms. The minimum Gasteiger partial charge on any atom is -0.335 e. The van der Waals surface area contributed by atoms with E-state index in [2.05, 4.69) is 15.9 Å². The Balaban J connectivity index is 3.81. The second-order valence-corrected chi connectivity index (χ2v) is 2.55. The van der Waals surface area contributed by atoms with Crippen LogP contribution in [0.1, 0.15) is 13.8 Å². The van der Waals surface area contributed by atoms with E-state index in [0.29, 0.717) is 13.2 Å². The van der Waals surface area contributed by atoms with Gasteiger partial charge in [0.25, 0.3) is 11.0 Å². The first-order valence-electron chi connectivity index (χ1n) is 3.04. The van der Waals surface area contributed by atoms with Crippen LogP contribution in [0.3, 0.4) is 0 Å². The van der Waals surface area contributed by atoms with Gasteiger partial charge in [-0.15, -0.1) is 0 Å². The van der Waals surface area contributed by atoms with Gasteiger partial charge in [-0.25, -0.2) is 0 Å². The van der Waals surface area contributed by atoms with Crippen LogP contribution in [0.4, 0.5) is 0 Å². The van der Waals surface area contributed by atoms with Crippen LogP contribution in [0.25, 0.3) is 0 Å². The molecule has 59 valence electrons. The Labute approximate surface area is 68.8 Å². The van der Waals surface area contributed by atoms with Crippen molar-refractivity contribution in [1.82, 2.24) is 0 Å². The molecule has 0 unspecified atom stereocenters. The summed E-state index contributed by atoms with van der Waals surface area (Å²) >= 11 is 2.94. The molecule has 0 aliphatic rings. The molecule has 0 amide bonds. The lowest BCUT2D eigenvalue weighted by atomic mass is 10.7. The van der Waals surface area contributed by atoms with Gasteiger partial charge in [0.1, 0.15) is 0 Å². The molecule has 4 heteroatoms. The van der Waals surface area contributed by atoms with Crippen molar-refractivity contribution < 1.29 is 14.3 Å². The summed E-state index contributed by atoms with van der Waals surface area (Å²) in [6.07, 6.45) is 1.60. The molecule has 0 aliphatic heterocycles. The molecule has 0 aromatic heterocycles. The van der Waals surface area contributed by atoms with E-state index in [1.54, 1.807) is 20.1 Å². The van der Waals surface area contributed by atoms with Crippen LogP contribution in [-0.4, -0.2) is 24.2 Å². The molecule has 0 saturated carbocycles. The minimum atomic E-state index is -1.35. The van der Waals surface area contributed by atoms with Gasteiger partial charge in [-0.3, -0.25) is 4.79 Å². The predicted octanol–water partition coefficient (Wildman–Crippen LogP) is 1.22. The van der Waals surface area contributed by atoms with E-state index in [9.17, 15) is 4.79 Å². The lowest BCUT2D eigenvalue weighted by molar-refractivity contribution is -0.113. The molecule has 0 fully saturated rings. The molecule has 0 atom stereocenters. The molecular weight excluding hydrogens is 200 g/mol. The van der Waals surface area contributed by atoms with Crippen molar-refractivity contribution in [2.24, 2.45) is 0 Å². The molecule has 0 bridgehead atoms. The molecule has 0 N–H and O–H groups in total. The van der Waals surface area contributed by atoms with E-state index >= 15 is 0 Å². The number of carbonyl (C=O) groups excluding carboxylic acids is 1. The number of rotatable bonds is 5. The highest BCUT2D eigenvalue weighted by molar-refractivity contribution is 9.10. The van der Waals surface area contributed by atoms with Crippen molar-refractivity contribution in [2.75, 3.05) is 13.2 Å². The molecule has 0 saturated heterocycles. The third kappa shape index (κ3) is 3.29. The third-order valence-corrected chi connectivity index (χ3v) is 1.40. The molecule has 0 aromatic carbocycles. The molecule has 1 radical (unpaired) electrons. The summed E-state index contributed by atoms with van der Waals surface area (Å²) in [6, 6.07) is 0. The van der Waals surface area contributed by atoms with Gasteiger partial charge in [0, 0.05) is 13.2 Å². The van der Waals surface area contributed by atoms with Gasteiger partial charge in [-0.1, -0.05) is 0 Å². The normalized spacial score (nSPS) is 11.5. The summed E-state index contributed by atoms with van der Waals surface area (Å²) in [7, 11) is 0. The number of ether oxygens (including phenoxy) is 2. The molecule has 0 heterocycles. The Bertz CT molecular complexity index is 99.2. The maximum atomic E-state index is 10.2. The largest absolute Gasteiger partial charge is 0.335 e. The summed E-state index contributed by atoms with van der Waals surface area (Å²) in [5.41, 5.74) is 0. The van der Waals surface area contributed by atoms with Crippen molar-refractivity contribution in [3.05, 3.63) is 0 Å². The van der Waals surface area contributed by atoms with Crippen LogP contribution in [0.5, 0.6) is 0 Å². The standard InChI is InChI=1S/C6H10BrO3/c1-3-9-6(7,5-8)10-4-2/h3-4H2,1-2H3. The lowest BCUT2D eigenvalue weighted by Crippen LogP contribution is -2.30. The maximum Gasteiger partial charge on any atom is 0.296 e. The van der Waals surface area contributed by atoms with Crippen LogP contribution in [-0.2, 0) is 14.3 Å². The Morgan fingerprint density at radius 1 is 1.40 bits per heavy atom.